The molecule has 0 saturated carbocycles. The molecule has 100 valence electrons. The van der Waals surface area contributed by atoms with Gasteiger partial charge in [-0.3, -0.25) is 4.79 Å². The number of benzene rings is 1. The average Bonchev–Trinajstić information content (AvgIpc) is 2.31. The van der Waals surface area contributed by atoms with Crippen LogP contribution in [0.1, 0.15) is 19.4 Å². The highest BCUT2D eigenvalue weighted by molar-refractivity contribution is 5.75. The normalized spacial score (nSPS) is 11.2. The Kier molecular flexibility index (Phi) is 4.16. The lowest BCUT2D eigenvalue weighted by Crippen LogP contribution is -2.32. The Balaban J connectivity index is 2.81. The molecule has 0 aliphatic heterocycles. The van der Waals surface area contributed by atoms with Gasteiger partial charge in [0.05, 0.1) is 12.5 Å². The van der Waals surface area contributed by atoms with Crippen molar-refractivity contribution in [3.8, 4) is 5.75 Å². The summed E-state index contributed by atoms with van der Waals surface area (Å²) in [6.45, 7) is 5.12. The Morgan fingerprint density at radius 3 is 2.61 bits per heavy atom. The summed E-state index contributed by atoms with van der Waals surface area (Å²) in [5, 5.41) is 0. The largest absolute Gasteiger partial charge is 0.489 e. The lowest BCUT2D eigenvalue weighted by molar-refractivity contribution is -0.152. The van der Waals surface area contributed by atoms with Gasteiger partial charge in [-0.05, 0) is 32.4 Å². The van der Waals surface area contributed by atoms with E-state index in [9.17, 15) is 9.18 Å². The molecule has 0 spiro atoms. The van der Waals surface area contributed by atoms with Crippen LogP contribution in [-0.2, 0) is 9.53 Å². The smallest absolute Gasteiger partial charge is 0.314 e. The molecule has 0 amide bonds. The number of hydrogen-bond acceptors (Lipinski definition) is 4. The Morgan fingerprint density at radius 1 is 1.44 bits per heavy atom. The van der Waals surface area contributed by atoms with E-state index in [0.717, 1.165) is 5.56 Å². The van der Waals surface area contributed by atoms with Gasteiger partial charge in [-0.25, -0.2) is 4.39 Å². The number of nitrogens with two attached hydrogens (primary N) is 1. The number of halogens is 1. The molecule has 0 aliphatic rings. The van der Waals surface area contributed by atoms with E-state index in [-0.39, 0.29) is 12.4 Å². The van der Waals surface area contributed by atoms with Crippen molar-refractivity contribution in [3.05, 3.63) is 23.5 Å². The lowest BCUT2D eigenvalue weighted by atomic mass is 9.95. The van der Waals surface area contributed by atoms with Crippen molar-refractivity contribution >= 4 is 11.7 Å². The molecule has 18 heavy (non-hydrogen) atoms. The molecule has 0 fully saturated rings. The molecule has 1 aromatic rings. The zero-order chi connectivity index (χ0) is 13.9. The summed E-state index contributed by atoms with van der Waals surface area (Å²) in [5.74, 6) is -0.868. The first-order valence-electron chi connectivity index (χ1n) is 5.55. The molecule has 0 unspecified atom stereocenters. The van der Waals surface area contributed by atoms with E-state index in [0.29, 0.717) is 5.69 Å². The monoisotopic (exact) mass is 255 g/mol. The minimum absolute atomic E-state index is 0.0277. The van der Waals surface area contributed by atoms with Crippen LogP contribution in [0.25, 0.3) is 0 Å². The van der Waals surface area contributed by atoms with E-state index in [4.69, 9.17) is 10.5 Å². The molecule has 2 N–H and O–H groups in total. The summed E-state index contributed by atoms with van der Waals surface area (Å²) in [4.78, 5) is 11.4. The molecular weight excluding hydrogens is 237 g/mol. The van der Waals surface area contributed by atoms with Gasteiger partial charge >= 0.3 is 5.97 Å². The second kappa shape index (κ2) is 5.25. The Morgan fingerprint density at radius 2 is 2.06 bits per heavy atom. The van der Waals surface area contributed by atoms with Gasteiger partial charge in [-0.2, -0.15) is 0 Å². The van der Waals surface area contributed by atoms with E-state index in [2.05, 4.69) is 4.74 Å². The van der Waals surface area contributed by atoms with Crippen LogP contribution in [0.4, 0.5) is 10.1 Å². The van der Waals surface area contributed by atoms with Crippen molar-refractivity contribution in [2.24, 2.45) is 5.41 Å². The number of anilines is 1. The summed E-state index contributed by atoms with van der Waals surface area (Å²) in [5.41, 5.74) is 5.83. The van der Waals surface area contributed by atoms with E-state index in [1.54, 1.807) is 20.8 Å². The van der Waals surface area contributed by atoms with Crippen molar-refractivity contribution in [3.63, 3.8) is 0 Å². The number of esters is 1. The van der Waals surface area contributed by atoms with Crippen LogP contribution in [0.5, 0.6) is 5.75 Å². The van der Waals surface area contributed by atoms with Crippen molar-refractivity contribution in [2.75, 3.05) is 19.5 Å². The number of carbonyl (C=O) groups excluding carboxylic acids is 1. The third-order valence-electron chi connectivity index (χ3n) is 2.65. The second-order valence-electron chi connectivity index (χ2n) is 4.80. The maximum atomic E-state index is 13.6. The molecule has 0 aliphatic carbocycles. The first kappa shape index (κ1) is 14.3. The van der Waals surface area contributed by atoms with E-state index >= 15 is 0 Å². The van der Waals surface area contributed by atoms with E-state index in [1.165, 1.54) is 19.2 Å². The lowest BCUT2D eigenvalue weighted by Gasteiger charge is -2.22. The van der Waals surface area contributed by atoms with Crippen LogP contribution in [0.15, 0.2) is 12.1 Å². The highest BCUT2D eigenvalue weighted by Gasteiger charge is 2.30. The number of aryl methyl sites for hydroxylation is 1. The Hall–Kier alpha value is -1.78. The minimum Gasteiger partial charge on any atom is -0.489 e. The molecule has 0 saturated heterocycles. The molecule has 0 heterocycles. The standard InChI is InChI=1S/C13H18FNO3/c1-8-5-11(9(14)6-10(8)15)18-7-13(2,3)12(16)17-4/h5-6H,7,15H2,1-4H3. The van der Waals surface area contributed by atoms with Gasteiger partial charge in [0.1, 0.15) is 6.61 Å². The summed E-state index contributed by atoms with van der Waals surface area (Å²) in [6.07, 6.45) is 0. The van der Waals surface area contributed by atoms with Gasteiger partial charge < -0.3 is 15.2 Å². The topological polar surface area (TPSA) is 61.5 Å². The zero-order valence-corrected chi connectivity index (χ0v) is 11.0. The van der Waals surface area contributed by atoms with Crippen molar-refractivity contribution in [2.45, 2.75) is 20.8 Å². The predicted octanol–water partition coefficient (Wildman–Crippen LogP) is 2.29. The Labute approximate surface area is 106 Å². The number of rotatable bonds is 4. The van der Waals surface area contributed by atoms with Crippen LogP contribution < -0.4 is 10.5 Å². The number of carbonyl (C=O) groups is 1. The van der Waals surface area contributed by atoms with E-state index < -0.39 is 17.2 Å². The maximum Gasteiger partial charge on any atom is 0.314 e. The fourth-order valence-corrected chi connectivity index (χ4v) is 1.37. The fourth-order valence-electron chi connectivity index (χ4n) is 1.37. The molecule has 0 atom stereocenters. The maximum absolute atomic E-state index is 13.6. The van der Waals surface area contributed by atoms with Crippen molar-refractivity contribution in [1.82, 2.24) is 0 Å². The first-order valence-corrected chi connectivity index (χ1v) is 5.55. The number of methoxy groups -OCH3 is 1. The predicted molar refractivity (Wildman–Crippen MR) is 66.8 cm³/mol. The fraction of sp³-hybridized carbons (Fsp3) is 0.462. The first-order chi connectivity index (χ1) is 8.27. The molecule has 1 aromatic carbocycles. The SMILES string of the molecule is COC(=O)C(C)(C)COc1cc(C)c(N)cc1F. The zero-order valence-electron chi connectivity index (χ0n) is 11.0. The molecular formula is C13H18FNO3. The summed E-state index contributed by atoms with van der Waals surface area (Å²) >= 11 is 0. The van der Waals surface area contributed by atoms with Crippen molar-refractivity contribution < 1.29 is 18.7 Å². The highest BCUT2D eigenvalue weighted by atomic mass is 19.1. The third-order valence-corrected chi connectivity index (χ3v) is 2.65. The van der Waals surface area contributed by atoms with Gasteiger partial charge in [-0.15, -0.1) is 0 Å². The molecule has 1 rings (SSSR count). The van der Waals surface area contributed by atoms with Crippen LogP contribution >= 0.6 is 0 Å². The summed E-state index contributed by atoms with van der Waals surface area (Å²) in [6, 6.07) is 2.72. The molecule has 4 nitrogen and oxygen atoms in total. The molecule has 0 radical (unpaired) electrons. The van der Waals surface area contributed by atoms with Crippen LogP contribution in [-0.4, -0.2) is 19.7 Å². The Bertz CT molecular complexity index is 458. The van der Waals surface area contributed by atoms with Gasteiger partial charge in [-0.1, -0.05) is 0 Å². The quantitative estimate of drug-likeness (QED) is 0.662. The number of hydrogen-bond donors (Lipinski definition) is 1. The highest BCUT2D eigenvalue weighted by Crippen LogP contribution is 2.26. The van der Waals surface area contributed by atoms with Gasteiger partial charge in [0.2, 0.25) is 0 Å². The molecule has 0 aromatic heterocycles. The van der Waals surface area contributed by atoms with Crippen LogP contribution in [0, 0.1) is 18.2 Å². The van der Waals surface area contributed by atoms with Gasteiger partial charge in [0.25, 0.3) is 0 Å². The van der Waals surface area contributed by atoms with Crippen LogP contribution in [0.2, 0.25) is 0 Å². The third kappa shape index (κ3) is 3.12. The van der Waals surface area contributed by atoms with Gasteiger partial charge in [0.15, 0.2) is 11.6 Å². The van der Waals surface area contributed by atoms with Gasteiger partial charge in [0, 0.05) is 11.8 Å². The van der Waals surface area contributed by atoms with E-state index in [1.807, 2.05) is 0 Å². The number of ether oxygens (including phenoxy) is 2. The molecule has 0 bridgehead atoms. The summed E-state index contributed by atoms with van der Waals surface area (Å²) < 4.78 is 23.5. The molecule has 5 heteroatoms. The minimum atomic E-state index is -0.837. The van der Waals surface area contributed by atoms with Crippen LogP contribution in [0.3, 0.4) is 0 Å². The average molecular weight is 255 g/mol. The summed E-state index contributed by atoms with van der Waals surface area (Å²) in [7, 11) is 1.30. The van der Waals surface area contributed by atoms with Crippen molar-refractivity contribution in [1.29, 1.82) is 0 Å². The number of nitrogen functional groups attached to an aromatic ring is 1. The second-order valence-corrected chi connectivity index (χ2v) is 4.80.